The topological polar surface area (TPSA) is 63.8 Å². The van der Waals surface area contributed by atoms with Gasteiger partial charge in [-0.3, -0.25) is 9.97 Å². The van der Waals surface area contributed by atoms with Crippen molar-refractivity contribution < 1.29 is 5.11 Å². The largest absolute Gasteiger partial charge is 0.386 e. The van der Waals surface area contributed by atoms with Crippen molar-refractivity contribution in [1.29, 1.82) is 0 Å². The number of benzene rings is 1. The molecule has 1 N–H and O–H groups in total. The number of aliphatic hydroxyl groups excluding tert-OH is 1. The first kappa shape index (κ1) is 13.7. The van der Waals surface area contributed by atoms with Gasteiger partial charge >= 0.3 is 0 Å². The van der Waals surface area contributed by atoms with Crippen molar-refractivity contribution in [3.8, 4) is 0 Å². The summed E-state index contributed by atoms with van der Waals surface area (Å²) >= 11 is 0. The Morgan fingerprint density at radius 3 is 2.71 bits per heavy atom. The molecule has 1 atom stereocenters. The average molecular weight is 282 g/mol. The lowest BCUT2D eigenvalue weighted by Crippen LogP contribution is -2.10. The van der Waals surface area contributed by atoms with Gasteiger partial charge in [0.1, 0.15) is 11.9 Å². The molecule has 0 fully saturated rings. The van der Waals surface area contributed by atoms with Crippen molar-refractivity contribution in [3.05, 3.63) is 53.9 Å². The van der Waals surface area contributed by atoms with E-state index in [2.05, 4.69) is 26.4 Å². The first-order valence-corrected chi connectivity index (χ1v) is 7.09. The number of aryl methyl sites for hydroxylation is 2. The summed E-state index contributed by atoms with van der Waals surface area (Å²) in [6, 6.07) is 8.01. The van der Waals surface area contributed by atoms with Crippen molar-refractivity contribution in [1.82, 2.24) is 19.5 Å². The monoisotopic (exact) mass is 282 g/mol. The van der Waals surface area contributed by atoms with E-state index in [0.717, 1.165) is 29.1 Å². The molecule has 2 heterocycles. The summed E-state index contributed by atoms with van der Waals surface area (Å²) < 4.78 is 2.13. The molecule has 0 aliphatic heterocycles. The summed E-state index contributed by atoms with van der Waals surface area (Å²) in [4.78, 5) is 13.0. The molecule has 0 radical (unpaired) electrons. The van der Waals surface area contributed by atoms with Crippen molar-refractivity contribution in [2.45, 2.75) is 32.9 Å². The third kappa shape index (κ3) is 2.64. The lowest BCUT2D eigenvalue weighted by Gasteiger charge is -2.11. The summed E-state index contributed by atoms with van der Waals surface area (Å²) in [7, 11) is 0. The van der Waals surface area contributed by atoms with Gasteiger partial charge in [-0.2, -0.15) is 0 Å². The number of hydrogen-bond donors (Lipinski definition) is 1. The van der Waals surface area contributed by atoms with E-state index >= 15 is 0 Å². The highest BCUT2D eigenvalue weighted by molar-refractivity contribution is 5.75. The van der Waals surface area contributed by atoms with Gasteiger partial charge in [0.2, 0.25) is 0 Å². The van der Waals surface area contributed by atoms with E-state index in [0.29, 0.717) is 12.1 Å². The van der Waals surface area contributed by atoms with E-state index in [1.165, 1.54) is 0 Å². The van der Waals surface area contributed by atoms with Gasteiger partial charge in [-0.05, 0) is 26.0 Å². The summed E-state index contributed by atoms with van der Waals surface area (Å²) in [5, 5.41) is 10.4. The molecule has 21 heavy (non-hydrogen) atoms. The van der Waals surface area contributed by atoms with Gasteiger partial charge in [0, 0.05) is 19.2 Å². The fourth-order valence-corrected chi connectivity index (χ4v) is 2.49. The van der Waals surface area contributed by atoms with Gasteiger partial charge in [-0.1, -0.05) is 12.1 Å². The minimum atomic E-state index is -0.694. The molecule has 0 aliphatic rings. The van der Waals surface area contributed by atoms with Crippen LogP contribution < -0.4 is 0 Å². The van der Waals surface area contributed by atoms with Gasteiger partial charge in [0.05, 0.1) is 28.6 Å². The first-order chi connectivity index (χ1) is 10.2. The van der Waals surface area contributed by atoms with Crippen LogP contribution in [0.3, 0.4) is 0 Å². The van der Waals surface area contributed by atoms with E-state index in [1.54, 1.807) is 12.4 Å². The van der Waals surface area contributed by atoms with Crippen LogP contribution in [-0.4, -0.2) is 24.6 Å². The van der Waals surface area contributed by atoms with Gasteiger partial charge in [0.25, 0.3) is 0 Å². The number of nitrogens with zero attached hydrogens (tertiary/aromatic N) is 4. The van der Waals surface area contributed by atoms with Crippen LogP contribution in [0.25, 0.3) is 11.0 Å². The lowest BCUT2D eigenvalue weighted by molar-refractivity contribution is 0.169. The minimum absolute atomic E-state index is 0.431. The molecule has 0 bridgehead atoms. The van der Waals surface area contributed by atoms with Crippen LogP contribution in [0.5, 0.6) is 0 Å². The van der Waals surface area contributed by atoms with Gasteiger partial charge in [-0.25, -0.2) is 4.98 Å². The van der Waals surface area contributed by atoms with Crippen LogP contribution in [0.1, 0.15) is 30.2 Å². The van der Waals surface area contributed by atoms with Crippen molar-refractivity contribution in [2.24, 2.45) is 0 Å². The van der Waals surface area contributed by atoms with Crippen LogP contribution in [-0.2, 0) is 13.0 Å². The molecule has 0 spiro atoms. The van der Waals surface area contributed by atoms with Crippen LogP contribution >= 0.6 is 0 Å². The maximum Gasteiger partial charge on any atom is 0.112 e. The Balaban J connectivity index is 1.92. The molecule has 5 heteroatoms. The second kappa shape index (κ2) is 5.61. The molecule has 1 unspecified atom stereocenters. The zero-order chi connectivity index (χ0) is 14.8. The second-order valence-corrected chi connectivity index (χ2v) is 5.06. The highest BCUT2D eigenvalue weighted by atomic mass is 16.3. The standard InChI is InChI=1S/C16H18N4O/c1-3-20-14-7-5-4-6-12(14)19-16(20)8-15(21)13-10-17-11(2)9-18-13/h4-7,9-10,15,21H,3,8H2,1-2H3. The second-order valence-electron chi connectivity index (χ2n) is 5.06. The molecule has 2 aromatic heterocycles. The average Bonchev–Trinajstić information content (AvgIpc) is 2.84. The van der Waals surface area contributed by atoms with Crippen molar-refractivity contribution in [3.63, 3.8) is 0 Å². The molecule has 3 aromatic rings. The normalized spacial score (nSPS) is 12.7. The molecule has 1 aromatic carbocycles. The molecular weight excluding hydrogens is 264 g/mol. The van der Waals surface area contributed by atoms with Crippen LogP contribution in [0.2, 0.25) is 0 Å². The van der Waals surface area contributed by atoms with Gasteiger partial charge in [-0.15, -0.1) is 0 Å². The number of para-hydroxylation sites is 2. The number of aliphatic hydroxyl groups is 1. The Labute approximate surface area is 123 Å². The Hall–Kier alpha value is -2.27. The van der Waals surface area contributed by atoms with Crippen LogP contribution in [0.4, 0.5) is 0 Å². The van der Waals surface area contributed by atoms with E-state index in [1.807, 2.05) is 31.2 Å². The fraction of sp³-hybridized carbons (Fsp3) is 0.312. The SMILES string of the molecule is CCn1c(CC(O)c2cnc(C)cn2)nc2ccccc21. The number of rotatable bonds is 4. The Kier molecular flexibility index (Phi) is 3.66. The molecule has 0 amide bonds. The zero-order valence-electron chi connectivity index (χ0n) is 12.2. The molecular formula is C16H18N4O. The number of imidazole rings is 1. The summed E-state index contributed by atoms with van der Waals surface area (Å²) in [5.41, 5.74) is 3.47. The summed E-state index contributed by atoms with van der Waals surface area (Å²) in [5.74, 6) is 0.869. The van der Waals surface area contributed by atoms with Crippen molar-refractivity contribution in [2.75, 3.05) is 0 Å². The lowest BCUT2D eigenvalue weighted by atomic mass is 10.2. The predicted octanol–water partition coefficient (Wildman–Crippen LogP) is 2.43. The van der Waals surface area contributed by atoms with E-state index < -0.39 is 6.10 Å². The zero-order valence-corrected chi connectivity index (χ0v) is 12.2. The number of aromatic nitrogens is 4. The third-order valence-electron chi connectivity index (χ3n) is 3.57. The molecule has 0 aliphatic carbocycles. The first-order valence-electron chi connectivity index (χ1n) is 7.09. The Morgan fingerprint density at radius 2 is 2.00 bits per heavy atom. The Bertz CT molecular complexity index is 749. The molecule has 0 saturated carbocycles. The predicted molar refractivity (Wildman–Crippen MR) is 80.8 cm³/mol. The van der Waals surface area contributed by atoms with E-state index in [4.69, 9.17) is 0 Å². The van der Waals surface area contributed by atoms with E-state index in [-0.39, 0.29) is 0 Å². The number of fused-ring (bicyclic) bond motifs is 1. The molecule has 108 valence electrons. The minimum Gasteiger partial charge on any atom is -0.386 e. The number of hydrogen-bond acceptors (Lipinski definition) is 4. The fourth-order valence-electron chi connectivity index (χ4n) is 2.49. The van der Waals surface area contributed by atoms with E-state index in [9.17, 15) is 5.11 Å². The smallest absolute Gasteiger partial charge is 0.112 e. The highest BCUT2D eigenvalue weighted by Gasteiger charge is 2.16. The van der Waals surface area contributed by atoms with Gasteiger partial charge in [0.15, 0.2) is 0 Å². The Morgan fingerprint density at radius 1 is 1.19 bits per heavy atom. The maximum absolute atomic E-state index is 10.4. The summed E-state index contributed by atoms with van der Waals surface area (Å²) in [6.45, 7) is 4.78. The van der Waals surface area contributed by atoms with Gasteiger partial charge < -0.3 is 9.67 Å². The summed E-state index contributed by atoms with van der Waals surface area (Å²) in [6.07, 6.45) is 3.03. The quantitative estimate of drug-likeness (QED) is 0.798. The van der Waals surface area contributed by atoms with Crippen LogP contribution in [0, 0.1) is 6.92 Å². The molecule has 0 saturated heterocycles. The highest BCUT2D eigenvalue weighted by Crippen LogP contribution is 2.20. The molecule has 5 nitrogen and oxygen atoms in total. The van der Waals surface area contributed by atoms with Crippen LogP contribution in [0.15, 0.2) is 36.7 Å². The molecule has 3 rings (SSSR count). The van der Waals surface area contributed by atoms with Crippen molar-refractivity contribution >= 4 is 11.0 Å². The third-order valence-corrected chi connectivity index (χ3v) is 3.57. The maximum atomic E-state index is 10.4.